The highest BCUT2D eigenvalue weighted by molar-refractivity contribution is 5.44. The van der Waals surface area contributed by atoms with Crippen molar-refractivity contribution in [2.75, 3.05) is 34.4 Å². The third-order valence-corrected chi connectivity index (χ3v) is 4.32. The van der Waals surface area contributed by atoms with E-state index in [0.29, 0.717) is 30.1 Å². The van der Waals surface area contributed by atoms with Gasteiger partial charge in [0.15, 0.2) is 0 Å². The third-order valence-electron chi connectivity index (χ3n) is 4.32. The quantitative estimate of drug-likeness (QED) is 0.573. The van der Waals surface area contributed by atoms with Crippen LogP contribution in [0.25, 0.3) is 5.65 Å². The van der Waals surface area contributed by atoms with Gasteiger partial charge in [0.1, 0.15) is 11.4 Å². The van der Waals surface area contributed by atoms with Gasteiger partial charge in [0.05, 0.1) is 19.3 Å². The molecule has 0 spiro atoms. The van der Waals surface area contributed by atoms with Gasteiger partial charge in [-0.05, 0) is 50.3 Å². The first-order chi connectivity index (χ1) is 13.1. The van der Waals surface area contributed by atoms with E-state index in [9.17, 15) is 4.79 Å². The Morgan fingerprint density at radius 3 is 2.59 bits per heavy atom. The van der Waals surface area contributed by atoms with Crippen molar-refractivity contribution in [2.24, 2.45) is 0 Å². The van der Waals surface area contributed by atoms with Crippen molar-refractivity contribution in [3.8, 4) is 11.6 Å². The minimum atomic E-state index is -0.0981. The van der Waals surface area contributed by atoms with E-state index >= 15 is 0 Å². The van der Waals surface area contributed by atoms with Crippen molar-refractivity contribution < 1.29 is 9.47 Å². The van der Waals surface area contributed by atoms with Gasteiger partial charge in [0, 0.05) is 19.2 Å². The normalized spacial score (nSPS) is 11.1. The molecule has 0 aliphatic rings. The molecule has 0 unspecified atom stereocenters. The molecule has 6 nitrogen and oxygen atoms in total. The number of pyridine rings is 1. The molecular weight excluding hydrogens is 342 g/mol. The zero-order valence-corrected chi connectivity index (χ0v) is 16.0. The molecule has 142 valence electrons. The zero-order valence-electron chi connectivity index (χ0n) is 16.0. The molecule has 0 saturated carbocycles. The van der Waals surface area contributed by atoms with Crippen LogP contribution in [0.2, 0.25) is 0 Å². The average Bonchev–Trinajstić information content (AvgIpc) is 2.68. The van der Waals surface area contributed by atoms with Gasteiger partial charge in [-0.3, -0.25) is 9.20 Å². The topological polar surface area (TPSA) is 56.1 Å². The zero-order chi connectivity index (χ0) is 19.2. The maximum atomic E-state index is 13.0. The van der Waals surface area contributed by atoms with Crippen LogP contribution >= 0.6 is 0 Å². The Balaban J connectivity index is 1.92. The van der Waals surface area contributed by atoms with Crippen molar-refractivity contribution in [3.05, 3.63) is 70.1 Å². The van der Waals surface area contributed by atoms with Gasteiger partial charge in [-0.15, -0.1) is 0 Å². The van der Waals surface area contributed by atoms with Gasteiger partial charge in [-0.25, -0.2) is 0 Å². The second-order valence-electron chi connectivity index (χ2n) is 6.66. The number of rotatable bonds is 8. The lowest BCUT2D eigenvalue weighted by atomic mass is 10.1. The second-order valence-corrected chi connectivity index (χ2v) is 6.66. The lowest BCUT2D eigenvalue weighted by molar-refractivity contribution is 0.271. The molecule has 2 aromatic heterocycles. The molecule has 0 fully saturated rings. The number of methoxy groups -OCH3 is 1. The molecule has 3 rings (SSSR count). The minimum absolute atomic E-state index is 0.0981. The van der Waals surface area contributed by atoms with Gasteiger partial charge in [0.25, 0.3) is 5.56 Å². The second kappa shape index (κ2) is 8.68. The summed E-state index contributed by atoms with van der Waals surface area (Å²) < 4.78 is 12.7. The predicted octanol–water partition coefficient (Wildman–Crippen LogP) is 2.62. The van der Waals surface area contributed by atoms with E-state index < -0.39 is 0 Å². The Morgan fingerprint density at radius 2 is 1.89 bits per heavy atom. The maximum absolute atomic E-state index is 13.0. The highest BCUT2D eigenvalue weighted by Crippen LogP contribution is 2.19. The van der Waals surface area contributed by atoms with Crippen LogP contribution in [0.5, 0.6) is 11.6 Å². The monoisotopic (exact) mass is 367 g/mol. The Hall–Kier alpha value is -2.86. The van der Waals surface area contributed by atoms with Crippen LogP contribution < -0.4 is 15.0 Å². The van der Waals surface area contributed by atoms with Crippen molar-refractivity contribution in [2.45, 2.75) is 12.8 Å². The van der Waals surface area contributed by atoms with E-state index in [1.165, 1.54) is 0 Å². The summed E-state index contributed by atoms with van der Waals surface area (Å²) in [5, 5.41) is 0. The van der Waals surface area contributed by atoms with Crippen LogP contribution in [0.1, 0.15) is 17.5 Å². The number of hydrogen-bond acceptors (Lipinski definition) is 5. The smallest absolute Gasteiger partial charge is 0.265 e. The number of aromatic nitrogens is 2. The molecule has 0 atom stereocenters. The summed E-state index contributed by atoms with van der Waals surface area (Å²) in [6, 6.07) is 13.2. The van der Waals surface area contributed by atoms with Crippen molar-refractivity contribution >= 4 is 5.65 Å². The molecule has 0 amide bonds. The Morgan fingerprint density at radius 1 is 1.11 bits per heavy atom. The number of fused-ring (bicyclic) bond motifs is 1. The molecule has 0 aliphatic heterocycles. The number of hydrogen-bond donors (Lipinski definition) is 0. The molecule has 6 heteroatoms. The standard InChI is InChI=1S/C21H25N3O3/c1-23(2)12-6-14-27-20-18(15-16-8-10-17(26-3)11-9-16)21(25)24-13-5-4-7-19(24)22-20/h4-5,7-11,13H,6,12,14-15H2,1-3H3. The number of ether oxygens (including phenoxy) is 2. The summed E-state index contributed by atoms with van der Waals surface area (Å²) >= 11 is 0. The average molecular weight is 367 g/mol. The van der Waals surface area contributed by atoms with Crippen LogP contribution in [0.3, 0.4) is 0 Å². The van der Waals surface area contributed by atoms with Gasteiger partial charge in [0.2, 0.25) is 5.88 Å². The fourth-order valence-electron chi connectivity index (χ4n) is 2.87. The van der Waals surface area contributed by atoms with Gasteiger partial charge >= 0.3 is 0 Å². The molecule has 3 aromatic rings. The number of nitrogens with zero attached hydrogens (tertiary/aromatic N) is 3. The van der Waals surface area contributed by atoms with E-state index in [1.807, 2.05) is 56.6 Å². The van der Waals surface area contributed by atoms with E-state index in [0.717, 1.165) is 24.3 Å². The van der Waals surface area contributed by atoms with E-state index in [4.69, 9.17) is 9.47 Å². The van der Waals surface area contributed by atoms with Crippen LogP contribution in [0.4, 0.5) is 0 Å². The molecule has 0 aliphatic carbocycles. The van der Waals surface area contributed by atoms with Crippen molar-refractivity contribution in [3.63, 3.8) is 0 Å². The third kappa shape index (κ3) is 4.65. The molecule has 0 saturated heterocycles. The van der Waals surface area contributed by atoms with Crippen LogP contribution in [-0.4, -0.2) is 48.6 Å². The largest absolute Gasteiger partial charge is 0.497 e. The fraction of sp³-hybridized carbons (Fsp3) is 0.333. The lowest BCUT2D eigenvalue weighted by Gasteiger charge is -2.13. The summed E-state index contributed by atoms with van der Waals surface area (Å²) in [4.78, 5) is 19.7. The van der Waals surface area contributed by atoms with Crippen LogP contribution in [-0.2, 0) is 6.42 Å². The molecule has 27 heavy (non-hydrogen) atoms. The molecule has 0 radical (unpaired) electrons. The summed E-state index contributed by atoms with van der Waals surface area (Å²) in [6.07, 6.45) is 3.06. The molecular formula is C21H25N3O3. The van der Waals surface area contributed by atoms with E-state index in [2.05, 4.69) is 9.88 Å². The van der Waals surface area contributed by atoms with Gasteiger partial charge in [-0.1, -0.05) is 18.2 Å². The summed E-state index contributed by atoms with van der Waals surface area (Å²) in [6.45, 7) is 1.43. The van der Waals surface area contributed by atoms with E-state index in [1.54, 1.807) is 17.7 Å². The Kier molecular flexibility index (Phi) is 6.08. The van der Waals surface area contributed by atoms with Crippen LogP contribution in [0, 0.1) is 0 Å². The molecule has 0 N–H and O–H groups in total. The molecule has 2 heterocycles. The summed E-state index contributed by atoms with van der Waals surface area (Å²) in [7, 11) is 5.68. The van der Waals surface area contributed by atoms with Crippen LogP contribution in [0.15, 0.2) is 53.5 Å². The highest BCUT2D eigenvalue weighted by atomic mass is 16.5. The van der Waals surface area contributed by atoms with Gasteiger partial charge in [-0.2, -0.15) is 4.98 Å². The fourth-order valence-corrected chi connectivity index (χ4v) is 2.87. The first-order valence-electron chi connectivity index (χ1n) is 8.99. The Bertz CT molecular complexity index is 949. The lowest BCUT2D eigenvalue weighted by Crippen LogP contribution is -2.22. The minimum Gasteiger partial charge on any atom is -0.497 e. The van der Waals surface area contributed by atoms with Crippen molar-refractivity contribution in [1.82, 2.24) is 14.3 Å². The maximum Gasteiger partial charge on any atom is 0.265 e. The summed E-state index contributed by atoms with van der Waals surface area (Å²) in [5.41, 5.74) is 2.06. The first kappa shape index (κ1) is 18.9. The molecule has 1 aromatic carbocycles. The predicted molar refractivity (Wildman–Crippen MR) is 106 cm³/mol. The first-order valence-corrected chi connectivity index (χ1v) is 8.99. The van der Waals surface area contributed by atoms with E-state index in [-0.39, 0.29) is 5.56 Å². The van der Waals surface area contributed by atoms with Gasteiger partial charge < -0.3 is 14.4 Å². The molecule has 0 bridgehead atoms. The van der Waals surface area contributed by atoms with Crippen molar-refractivity contribution in [1.29, 1.82) is 0 Å². The Labute approximate surface area is 159 Å². The highest BCUT2D eigenvalue weighted by Gasteiger charge is 2.15. The number of benzene rings is 1. The SMILES string of the molecule is COc1ccc(Cc2c(OCCCN(C)C)nc3ccccn3c2=O)cc1. The summed E-state index contributed by atoms with van der Waals surface area (Å²) in [5.74, 6) is 1.20.